The second-order valence-corrected chi connectivity index (χ2v) is 6.28. The summed E-state index contributed by atoms with van der Waals surface area (Å²) in [5.74, 6) is -1.24. The summed E-state index contributed by atoms with van der Waals surface area (Å²) in [5, 5.41) is 34.8. The predicted molar refractivity (Wildman–Crippen MR) is 112 cm³/mol. The van der Waals surface area contributed by atoms with Crippen molar-refractivity contribution in [1.82, 2.24) is 0 Å². The Morgan fingerprint density at radius 2 is 1.65 bits per heavy atom. The molecule has 0 radical (unpaired) electrons. The Kier molecular flexibility index (Phi) is 6.31. The molecule has 31 heavy (non-hydrogen) atoms. The SMILES string of the molecule is O=C(Nc1ccc([N+](=O)[O-])cc1O)Nc1ccccc1OCc1ccccc1C(=O)O. The van der Waals surface area contributed by atoms with Gasteiger partial charge in [-0.1, -0.05) is 30.3 Å². The van der Waals surface area contributed by atoms with E-state index in [4.69, 9.17) is 4.74 Å². The number of nitro benzene ring substituents is 1. The molecule has 10 heteroatoms. The Bertz CT molecular complexity index is 1150. The van der Waals surface area contributed by atoms with E-state index >= 15 is 0 Å². The smallest absolute Gasteiger partial charge is 0.336 e. The molecule has 0 saturated heterocycles. The number of aromatic hydroxyl groups is 1. The van der Waals surface area contributed by atoms with Crippen LogP contribution >= 0.6 is 0 Å². The molecule has 0 fully saturated rings. The lowest BCUT2D eigenvalue weighted by Gasteiger charge is -2.14. The van der Waals surface area contributed by atoms with Gasteiger partial charge in [0, 0.05) is 11.6 Å². The average molecular weight is 423 g/mol. The lowest BCUT2D eigenvalue weighted by Crippen LogP contribution is -2.20. The van der Waals surface area contributed by atoms with E-state index in [0.29, 0.717) is 17.0 Å². The number of para-hydroxylation sites is 2. The first-order valence-corrected chi connectivity index (χ1v) is 8.93. The predicted octanol–water partition coefficient (Wildman–Crippen LogP) is 4.22. The third-order valence-corrected chi connectivity index (χ3v) is 4.21. The van der Waals surface area contributed by atoms with Crippen LogP contribution in [0.25, 0.3) is 0 Å². The van der Waals surface area contributed by atoms with Crippen molar-refractivity contribution in [3.05, 3.63) is 88.0 Å². The quantitative estimate of drug-likeness (QED) is 0.252. The van der Waals surface area contributed by atoms with Crippen molar-refractivity contribution >= 4 is 29.1 Å². The number of ether oxygens (including phenoxy) is 1. The molecule has 10 nitrogen and oxygen atoms in total. The zero-order chi connectivity index (χ0) is 22.4. The van der Waals surface area contributed by atoms with E-state index in [2.05, 4.69) is 10.6 Å². The summed E-state index contributed by atoms with van der Waals surface area (Å²) in [7, 11) is 0. The van der Waals surface area contributed by atoms with Crippen molar-refractivity contribution in [2.45, 2.75) is 6.61 Å². The molecule has 158 valence electrons. The molecule has 2 amide bonds. The van der Waals surface area contributed by atoms with E-state index in [0.717, 1.165) is 12.1 Å². The maximum atomic E-state index is 12.3. The highest BCUT2D eigenvalue weighted by Gasteiger charge is 2.14. The number of anilines is 2. The maximum Gasteiger partial charge on any atom is 0.336 e. The van der Waals surface area contributed by atoms with E-state index in [9.17, 15) is 29.9 Å². The number of nitrogens with one attached hydrogen (secondary N) is 2. The number of phenols is 1. The first-order valence-electron chi connectivity index (χ1n) is 8.93. The molecule has 0 aromatic heterocycles. The number of aromatic carboxylic acids is 1. The van der Waals surface area contributed by atoms with Crippen molar-refractivity contribution in [2.24, 2.45) is 0 Å². The number of phenolic OH excluding ortho intramolecular Hbond substituents is 1. The van der Waals surface area contributed by atoms with Crippen molar-refractivity contribution in [2.75, 3.05) is 10.6 Å². The van der Waals surface area contributed by atoms with Crippen molar-refractivity contribution in [3.8, 4) is 11.5 Å². The van der Waals surface area contributed by atoms with Crippen molar-refractivity contribution in [3.63, 3.8) is 0 Å². The molecule has 3 rings (SSSR count). The van der Waals surface area contributed by atoms with Gasteiger partial charge in [0.1, 0.15) is 18.1 Å². The monoisotopic (exact) mass is 423 g/mol. The fourth-order valence-corrected chi connectivity index (χ4v) is 2.72. The minimum Gasteiger partial charge on any atom is -0.506 e. The van der Waals surface area contributed by atoms with Crippen LogP contribution in [0.2, 0.25) is 0 Å². The molecular formula is C21H17N3O7. The van der Waals surface area contributed by atoms with Crippen LogP contribution < -0.4 is 15.4 Å². The van der Waals surface area contributed by atoms with Crippen molar-refractivity contribution in [1.29, 1.82) is 0 Å². The molecule has 0 spiro atoms. The Morgan fingerprint density at radius 1 is 0.968 bits per heavy atom. The van der Waals surface area contributed by atoms with Gasteiger partial charge in [0.2, 0.25) is 0 Å². The number of carbonyl (C=O) groups excluding carboxylic acids is 1. The van der Waals surface area contributed by atoms with Gasteiger partial charge < -0.3 is 25.6 Å². The number of nitrogens with zero attached hydrogens (tertiary/aromatic N) is 1. The largest absolute Gasteiger partial charge is 0.506 e. The highest BCUT2D eigenvalue weighted by Crippen LogP contribution is 2.29. The fraction of sp³-hybridized carbons (Fsp3) is 0.0476. The van der Waals surface area contributed by atoms with Crippen LogP contribution in [0.5, 0.6) is 11.5 Å². The normalized spacial score (nSPS) is 10.2. The van der Waals surface area contributed by atoms with Gasteiger partial charge in [-0.2, -0.15) is 0 Å². The highest BCUT2D eigenvalue weighted by atomic mass is 16.6. The van der Waals surface area contributed by atoms with Crippen LogP contribution in [-0.2, 0) is 6.61 Å². The number of benzene rings is 3. The van der Waals surface area contributed by atoms with Crippen LogP contribution in [0.15, 0.2) is 66.7 Å². The van der Waals surface area contributed by atoms with Crippen LogP contribution in [-0.4, -0.2) is 27.1 Å². The highest BCUT2D eigenvalue weighted by molar-refractivity contribution is 6.01. The number of rotatable bonds is 7. The molecule has 0 bridgehead atoms. The summed E-state index contributed by atoms with van der Waals surface area (Å²) in [6, 6.07) is 15.5. The number of hydrogen-bond donors (Lipinski definition) is 4. The first kappa shape index (κ1) is 21.1. The van der Waals surface area contributed by atoms with Crippen molar-refractivity contribution < 1.29 is 29.5 Å². The molecule has 0 aliphatic rings. The summed E-state index contributed by atoms with van der Waals surface area (Å²) in [4.78, 5) is 33.7. The van der Waals surface area contributed by atoms with Crippen LogP contribution in [0.4, 0.5) is 21.9 Å². The molecule has 0 saturated carbocycles. The molecule has 0 unspecified atom stereocenters. The van der Waals surface area contributed by atoms with E-state index < -0.39 is 22.7 Å². The van der Waals surface area contributed by atoms with E-state index in [1.54, 1.807) is 42.5 Å². The second kappa shape index (κ2) is 9.27. The summed E-state index contributed by atoms with van der Waals surface area (Å²) in [6.07, 6.45) is 0. The van der Waals surface area contributed by atoms with Gasteiger partial charge in [-0.05, 0) is 24.3 Å². The topological polar surface area (TPSA) is 151 Å². The molecule has 0 aliphatic carbocycles. The molecular weight excluding hydrogens is 406 g/mol. The van der Waals surface area contributed by atoms with Crippen LogP contribution in [0.3, 0.4) is 0 Å². The Morgan fingerprint density at radius 3 is 2.35 bits per heavy atom. The third-order valence-electron chi connectivity index (χ3n) is 4.21. The maximum absolute atomic E-state index is 12.3. The van der Waals surface area contributed by atoms with Gasteiger partial charge in [0.05, 0.1) is 27.9 Å². The van der Waals surface area contributed by atoms with Gasteiger partial charge in [-0.25, -0.2) is 9.59 Å². The minimum absolute atomic E-state index is 0.0168. The van der Waals surface area contributed by atoms with Crippen LogP contribution in [0, 0.1) is 10.1 Å². The number of amides is 2. The molecule has 0 atom stereocenters. The summed E-state index contributed by atoms with van der Waals surface area (Å²) < 4.78 is 5.70. The van der Waals surface area contributed by atoms with E-state index in [1.807, 2.05) is 0 Å². The average Bonchev–Trinajstić information content (AvgIpc) is 2.74. The zero-order valence-corrected chi connectivity index (χ0v) is 15.9. The number of nitro groups is 1. The number of carbonyl (C=O) groups is 2. The zero-order valence-electron chi connectivity index (χ0n) is 15.9. The lowest BCUT2D eigenvalue weighted by atomic mass is 10.1. The number of carboxylic acids is 1. The summed E-state index contributed by atoms with van der Waals surface area (Å²) in [5.41, 5.74) is 0.541. The van der Waals surface area contributed by atoms with Crippen LogP contribution in [0.1, 0.15) is 15.9 Å². The number of hydrogen-bond acceptors (Lipinski definition) is 6. The number of urea groups is 1. The molecule has 4 N–H and O–H groups in total. The minimum atomic E-state index is -1.08. The summed E-state index contributed by atoms with van der Waals surface area (Å²) in [6.45, 7) is -0.0358. The van der Waals surface area contributed by atoms with E-state index in [1.165, 1.54) is 12.1 Å². The Balaban J connectivity index is 1.70. The molecule has 3 aromatic carbocycles. The van der Waals surface area contributed by atoms with Gasteiger partial charge in [0.15, 0.2) is 0 Å². The van der Waals surface area contributed by atoms with E-state index in [-0.39, 0.29) is 23.5 Å². The lowest BCUT2D eigenvalue weighted by molar-refractivity contribution is -0.384. The molecule has 3 aromatic rings. The van der Waals surface area contributed by atoms with Gasteiger partial charge in [-0.3, -0.25) is 10.1 Å². The number of non-ortho nitro benzene ring substituents is 1. The molecule has 0 aliphatic heterocycles. The second-order valence-electron chi connectivity index (χ2n) is 6.28. The number of carboxylic acid groups (broad SMARTS) is 1. The van der Waals surface area contributed by atoms with Gasteiger partial charge in [-0.15, -0.1) is 0 Å². The Labute approximate surface area is 175 Å². The first-order chi connectivity index (χ1) is 14.8. The fourth-order valence-electron chi connectivity index (χ4n) is 2.72. The third kappa shape index (κ3) is 5.26. The van der Waals surface area contributed by atoms with Gasteiger partial charge in [0.25, 0.3) is 5.69 Å². The standard InChI is InChI=1S/C21H17N3O7/c25-18-11-14(24(29)30)9-10-16(18)22-21(28)23-17-7-3-4-8-19(17)31-12-13-5-1-2-6-15(13)20(26)27/h1-11,25H,12H2,(H,26,27)(H2,22,23,28). The van der Waals surface area contributed by atoms with Gasteiger partial charge >= 0.3 is 12.0 Å². The molecule has 0 heterocycles. The Hall–Kier alpha value is -4.60. The summed E-state index contributed by atoms with van der Waals surface area (Å²) >= 11 is 0.